The molecule has 1 aromatic carbocycles. The number of thiophene rings is 1. The zero-order valence-electron chi connectivity index (χ0n) is 16.2. The third-order valence-electron chi connectivity index (χ3n) is 5.00. The summed E-state index contributed by atoms with van der Waals surface area (Å²) in [5, 5.41) is 4.65. The van der Waals surface area contributed by atoms with Crippen molar-refractivity contribution in [3.63, 3.8) is 0 Å². The SMILES string of the molecule is CCC(NC(=O)c1sccc1S(=O)(=O)N1CCCCC1)c1ccc(OC)cc1. The van der Waals surface area contributed by atoms with E-state index in [1.165, 1.54) is 10.4 Å². The van der Waals surface area contributed by atoms with Crippen molar-refractivity contribution in [2.45, 2.75) is 43.5 Å². The number of carbonyl (C=O) groups excluding carboxylic acids is 1. The number of sulfonamides is 1. The number of benzene rings is 1. The van der Waals surface area contributed by atoms with E-state index in [4.69, 9.17) is 4.74 Å². The summed E-state index contributed by atoms with van der Waals surface area (Å²) in [6, 6.07) is 8.85. The maximum atomic E-state index is 13.0. The quantitative estimate of drug-likeness (QED) is 0.736. The minimum absolute atomic E-state index is 0.112. The van der Waals surface area contributed by atoms with Crippen LogP contribution in [0, 0.1) is 0 Å². The molecule has 1 atom stereocenters. The van der Waals surface area contributed by atoms with Crippen LogP contribution < -0.4 is 10.1 Å². The van der Waals surface area contributed by atoms with Gasteiger partial charge in [0.25, 0.3) is 5.91 Å². The molecule has 1 N–H and O–H groups in total. The Labute approximate surface area is 170 Å². The summed E-state index contributed by atoms with van der Waals surface area (Å²) in [4.78, 5) is 13.3. The molecule has 1 aliphatic rings. The smallest absolute Gasteiger partial charge is 0.263 e. The molecule has 0 spiro atoms. The molecule has 1 aromatic heterocycles. The van der Waals surface area contributed by atoms with Crippen LogP contribution in [-0.2, 0) is 10.0 Å². The third-order valence-corrected chi connectivity index (χ3v) is 7.98. The lowest BCUT2D eigenvalue weighted by Gasteiger charge is -2.26. The number of nitrogens with zero attached hydrogens (tertiary/aromatic N) is 1. The van der Waals surface area contributed by atoms with Gasteiger partial charge in [0.15, 0.2) is 0 Å². The lowest BCUT2D eigenvalue weighted by atomic mass is 10.0. The Bertz CT molecular complexity index is 901. The van der Waals surface area contributed by atoms with E-state index in [2.05, 4.69) is 5.32 Å². The second-order valence-corrected chi connectivity index (χ2v) is 9.61. The topological polar surface area (TPSA) is 75.7 Å². The first kappa shape index (κ1) is 20.8. The van der Waals surface area contributed by atoms with Crippen LogP contribution in [0.4, 0.5) is 0 Å². The average Bonchev–Trinajstić information content (AvgIpc) is 3.23. The van der Waals surface area contributed by atoms with Crippen molar-refractivity contribution in [3.05, 3.63) is 46.2 Å². The Morgan fingerprint density at radius 3 is 2.46 bits per heavy atom. The van der Waals surface area contributed by atoms with E-state index in [0.29, 0.717) is 19.5 Å². The Balaban J connectivity index is 1.80. The molecule has 0 radical (unpaired) electrons. The van der Waals surface area contributed by atoms with Crippen LogP contribution in [0.1, 0.15) is 53.9 Å². The summed E-state index contributed by atoms with van der Waals surface area (Å²) < 4.78 is 32.7. The molecule has 8 heteroatoms. The molecule has 0 saturated carbocycles. The maximum Gasteiger partial charge on any atom is 0.263 e. The highest BCUT2D eigenvalue weighted by molar-refractivity contribution is 7.89. The number of nitrogens with one attached hydrogen (secondary N) is 1. The van der Waals surface area contributed by atoms with Gasteiger partial charge >= 0.3 is 0 Å². The standard InChI is InChI=1S/C20H26N2O4S2/c1-3-17(15-7-9-16(26-2)10-8-15)21-20(23)19-18(11-14-27-19)28(24,25)22-12-5-4-6-13-22/h7-11,14,17H,3-6,12-13H2,1-2H3,(H,21,23). The number of carbonyl (C=O) groups is 1. The van der Waals surface area contributed by atoms with Gasteiger partial charge < -0.3 is 10.1 Å². The van der Waals surface area contributed by atoms with Crippen molar-refractivity contribution in [2.75, 3.05) is 20.2 Å². The highest BCUT2D eigenvalue weighted by Crippen LogP contribution is 2.28. The van der Waals surface area contributed by atoms with Crippen LogP contribution in [0.15, 0.2) is 40.6 Å². The van der Waals surface area contributed by atoms with E-state index in [0.717, 1.165) is 41.9 Å². The summed E-state index contributed by atoms with van der Waals surface area (Å²) in [7, 11) is -2.04. The molecule has 0 bridgehead atoms. The molecule has 6 nitrogen and oxygen atoms in total. The second kappa shape index (κ2) is 9.07. The normalized spacial score (nSPS) is 16.5. The first-order valence-electron chi connectivity index (χ1n) is 9.49. The van der Waals surface area contributed by atoms with Crippen molar-refractivity contribution in [2.24, 2.45) is 0 Å². The molecule has 1 fully saturated rings. The zero-order chi connectivity index (χ0) is 20.1. The molecule has 1 saturated heterocycles. The summed E-state index contributed by atoms with van der Waals surface area (Å²) >= 11 is 1.16. The van der Waals surface area contributed by atoms with Crippen LogP contribution in [0.25, 0.3) is 0 Å². The summed E-state index contributed by atoms with van der Waals surface area (Å²) in [5.74, 6) is 0.395. The highest BCUT2D eigenvalue weighted by Gasteiger charge is 2.31. The molecule has 152 valence electrons. The number of piperidine rings is 1. The molecule has 1 aliphatic heterocycles. The first-order chi connectivity index (χ1) is 13.5. The fraction of sp³-hybridized carbons (Fsp3) is 0.450. The number of ether oxygens (including phenoxy) is 1. The van der Waals surface area contributed by atoms with E-state index in [1.54, 1.807) is 12.5 Å². The van der Waals surface area contributed by atoms with E-state index in [1.807, 2.05) is 31.2 Å². The predicted molar refractivity (Wildman–Crippen MR) is 110 cm³/mol. The molecule has 1 amide bonds. The Morgan fingerprint density at radius 2 is 1.86 bits per heavy atom. The van der Waals surface area contributed by atoms with Gasteiger partial charge in [0, 0.05) is 13.1 Å². The molecule has 1 unspecified atom stereocenters. The Hall–Kier alpha value is -1.90. The van der Waals surface area contributed by atoms with Crippen LogP contribution in [0.3, 0.4) is 0 Å². The molecule has 3 rings (SSSR count). The van der Waals surface area contributed by atoms with Gasteiger partial charge in [0.1, 0.15) is 15.5 Å². The third kappa shape index (κ3) is 4.39. The fourth-order valence-corrected chi connectivity index (χ4v) is 6.21. The van der Waals surface area contributed by atoms with E-state index in [9.17, 15) is 13.2 Å². The van der Waals surface area contributed by atoms with Gasteiger partial charge in [-0.15, -0.1) is 11.3 Å². The Morgan fingerprint density at radius 1 is 1.18 bits per heavy atom. The minimum Gasteiger partial charge on any atom is -0.497 e. The van der Waals surface area contributed by atoms with Crippen molar-refractivity contribution < 1.29 is 17.9 Å². The van der Waals surface area contributed by atoms with E-state index < -0.39 is 10.0 Å². The maximum absolute atomic E-state index is 13.0. The van der Waals surface area contributed by atoms with Crippen LogP contribution in [0.2, 0.25) is 0 Å². The molecule has 2 aromatic rings. The number of amides is 1. The van der Waals surface area contributed by atoms with Crippen molar-refractivity contribution in [3.8, 4) is 5.75 Å². The first-order valence-corrected chi connectivity index (χ1v) is 11.8. The summed E-state index contributed by atoms with van der Waals surface area (Å²) in [6.45, 7) is 3.01. The molecule has 28 heavy (non-hydrogen) atoms. The van der Waals surface area contributed by atoms with E-state index >= 15 is 0 Å². The highest BCUT2D eigenvalue weighted by atomic mass is 32.2. The minimum atomic E-state index is -3.64. The van der Waals surface area contributed by atoms with Gasteiger partial charge in [-0.25, -0.2) is 8.42 Å². The van der Waals surface area contributed by atoms with Gasteiger partial charge in [0.2, 0.25) is 10.0 Å². The second-order valence-electron chi connectivity index (χ2n) is 6.79. The molecule has 2 heterocycles. The van der Waals surface area contributed by atoms with Crippen molar-refractivity contribution >= 4 is 27.3 Å². The Kier molecular flexibility index (Phi) is 6.74. The van der Waals surface area contributed by atoms with Crippen molar-refractivity contribution in [1.29, 1.82) is 0 Å². The lowest BCUT2D eigenvalue weighted by molar-refractivity contribution is 0.0936. The van der Waals surface area contributed by atoms with Crippen LogP contribution in [-0.4, -0.2) is 38.8 Å². The number of rotatable bonds is 7. The van der Waals surface area contributed by atoms with Gasteiger partial charge in [-0.2, -0.15) is 4.31 Å². The number of hydrogen-bond acceptors (Lipinski definition) is 5. The van der Waals surface area contributed by atoms with Gasteiger partial charge in [-0.1, -0.05) is 25.5 Å². The average molecular weight is 423 g/mol. The summed E-state index contributed by atoms with van der Waals surface area (Å²) in [5.41, 5.74) is 0.952. The van der Waals surface area contributed by atoms with Gasteiger partial charge in [0.05, 0.1) is 13.2 Å². The number of methoxy groups -OCH3 is 1. The monoisotopic (exact) mass is 422 g/mol. The van der Waals surface area contributed by atoms with Gasteiger partial charge in [-0.05, 0) is 48.4 Å². The van der Waals surface area contributed by atoms with E-state index in [-0.39, 0.29) is 21.7 Å². The summed E-state index contributed by atoms with van der Waals surface area (Å²) in [6.07, 6.45) is 3.46. The largest absolute Gasteiger partial charge is 0.497 e. The predicted octanol–water partition coefficient (Wildman–Crippen LogP) is 3.81. The van der Waals surface area contributed by atoms with Crippen LogP contribution in [0.5, 0.6) is 5.75 Å². The fourth-order valence-electron chi connectivity index (χ4n) is 3.39. The van der Waals surface area contributed by atoms with Crippen molar-refractivity contribution in [1.82, 2.24) is 9.62 Å². The molecular weight excluding hydrogens is 396 g/mol. The zero-order valence-corrected chi connectivity index (χ0v) is 17.8. The number of hydrogen-bond donors (Lipinski definition) is 1. The lowest BCUT2D eigenvalue weighted by Crippen LogP contribution is -2.36. The molecule has 0 aliphatic carbocycles. The van der Waals surface area contributed by atoms with Gasteiger partial charge in [-0.3, -0.25) is 4.79 Å². The van der Waals surface area contributed by atoms with Crippen LogP contribution >= 0.6 is 11.3 Å². The molecular formula is C20H26N2O4S2.